The second-order valence-corrected chi connectivity index (χ2v) is 6.94. The summed E-state index contributed by atoms with van der Waals surface area (Å²) >= 11 is 0. The second-order valence-electron chi connectivity index (χ2n) is 5.37. The molecule has 3 heterocycles. The number of nitrogens with two attached hydrogens (primary N) is 1. The van der Waals surface area contributed by atoms with Gasteiger partial charge in [-0.25, -0.2) is 18.5 Å². The molecule has 2 aliphatic rings. The third-order valence-electron chi connectivity index (χ3n) is 3.89. The molecule has 6 nitrogen and oxygen atoms in total. The minimum absolute atomic E-state index is 0.0448. The molecule has 0 spiro atoms. The first-order valence-electron chi connectivity index (χ1n) is 6.52. The van der Waals surface area contributed by atoms with Crippen molar-refractivity contribution in [1.82, 2.24) is 10.3 Å². The van der Waals surface area contributed by atoms with Gasteiger partial charge in [-0.05, 0) is 37.8 Å². The Morgan fingerprint density at radius 1 is 1.26 bits per heavy atom. The Bertz CT molecular complexity index is 546. The van der Waals surface area contributed by atoms with Crippen LogP contribution in [0, 0.1) is 0 Å². The molecule has 0 radical (unpaired) electrons. The number of hydrogen-bond acceptors (Lipinski definition) is 5. The average molecular weight is 282 g/mol. The van der Waals surface area contributed by atoms with Crippen molar-refractivity contribution in [3.05, 3.63) is 18.3 Å². The predicted octanol–water partition coefficient (Wildman–Crippen LogP) is 0.424. The number of piperidine rings is 1. The number of rotatable bonds is 3. The highest BCUT2D eigenvalue weighted by molar-refractivity contribution is 7.89. The van der Waals surface area contributed by atoms with Crippen LogP contribution in [0.3, 0.4) is 0 Å². The number of hydrogen-bond donors (Lipinski definition) is 3. The van der Waals surface area contributed by atoms with Gasteiger partial charge in [-0.15, -0.1) is 0 Å². The molecule has 1 aromatic heterocycles. The van der Waals surface area contributed by atoms with Gasteiger partial charge in [0.1, 0.15) is 10.7 Å². The van der Waals surface area contributed by atoms with Crippen molar-refractivity contribution in [2.24, 2.45) is 5.14 Å². The van der Waals surface area contributed by atoms with E-state index in [2.05, 4.69) is 15.6 Å². The Morgan fingerprint density at radius 3 is 2.47 bits per heavy atom. The van der Waals surface area contributed by atoms with Gasteiger partial charge in [0.05, 0.1) is 0 Å². The van der Waals surface area contributed by atoms with Gasteiger partial charge < -0.3 is 10.6 Å². The van der Waals surface area contributed by atoms with E-state index in [0.29, 0.717) is 23.9 Å². The van der Waals surface area contributed by atoms with Gasteiger partial charge in [0.15, 0.2) is 0 Å². The summed E-state index contributed by atoms with van der Waals surface area (Å²) in [5.41, 5.74) is 0. The summed E-state index contributed by atoms with van der Waals surface area (Å²) in [5, 5.41) is 12.0. The van der Waals surface area contributed by atoms with Crippen LogP contribution in [0.5, 0.6) is 0 Å². The molecule has 2 atom stereocenters. The van der Waals surface area contributed by atoms with E-state index in [0.717, 1.165) is 12.8 Å². The molecule has 7 heteroatoms. The summed E-state index contributed by atoms with van der Waals surface area (Å²) in [7, 11) is -3.66. The summed E-state index contributed by atoms with van der Waals surface area (Å²) < 4.78 is 22.3. The fraction of sp³-hybridized carbons (Fsp3) is 0.583. The van der Waals surface area contributed by atoms with E-state index in [1.54, 1.807) is 6.07 Å². The highest BCUT2D eigenvalue weighted by Gasteiger charge is 2.33. The van der Waals surface area contributed by atoms with E-state index in [1.165, 1.54) is 25.1 Å². The van der Waals surface area contributed by atoms with Gasteiger partial charge in [-0.3, -0.25) is 0 Å². The molecule has 2 fully saturated rings. The van der Waals surface area contributed by atoms with E-state index in [9.17, 15) is 8.42 Å². The molecule has 4 N–H and O–H groups in total. The minimum atomic E-state index is -3.66. The van der Waals surface area contributed by atoms with Crippen molar-refractivity contribution in [2.75, 3.05) is 5.32 Å². The smallest absolute Gasteiger partial charge is 0.239 e. The van der Waals surface area contributed by atoms with Crippen LogP contribution >= 0.6 is 0 Å². The van der Waals surface area contributed by atoms with Gasteiger partial charge in [0, 0.05) is 24.3 Å². The SMILES string of the molecule is NS(=O)(=O)c1ccc(NC2CC3CCC(C2)N3)nc1. The first kappa shape index (κ1) is 12.8. The van der Waals surface area contributed by atoms with Crippen LogP contribution < -0.4 is 15.8 Å². The average Bonchev–Trinajstić information content (AvgIpc) is 2.68. The Balaban J connectivity index is 1.67. The minimum Gasteiger partial charge on any atom is -0.367 e. The molecule has 2 unspecified atom stereocenters. The lowest BCUT2D eigenvalue weighted by Crippen LogP contribution is -2.43. The topological polar surface area (TPSA) is 97.1 Å². The Kier molecular flexibility index (Phi) is 3.20. The van der Waals surface area contributed by atoms with Gasteiger partial charge in [-0.1, -0.05) is 0 Å². The molecule has 2 saturated heterocycles. The molecule has 0 aliphatic carbocycles. The van der Waals surface area contributed by atoms with Crippen molar-refractivity contribution >= 4 is 15.8 Å². The maximum Gasteiger partial charge on any atom is 0.239 e. The lowest BCUT2D eigenvalue weighted by Gasteiger charge is -2.30. The number of pyridine rings is 1. The quantitative estimate of drug-likeness (QED) is 0.746. The van der Waals surface area contributed by atoms with Crippen molar-refractivity contribution in [2.45, 2.75) is 48.7 Å². The number of anilines is 1. The normalized spacial score (nSPS) is 30.3. The van der Waals surface area contributed by atoms with Gasteiger partial charge in [-0.2, -0.15) is 0 Å². The van der Waals surface area contributed by atoms with Crippen LogP contribution in [0.15, 0.2) is 23.2 Å². The van der Waals surface area contributed by atoms with Crippen molar-refractivity contribution in [1.29, 1.82) is 0 Å². The summed E-state index contributed by atoms with van der Waals surface area (Å²) in [6.45, 7) is 0. The molecule has 0 aromatic carbocycles. The first-order chi connectivity index (χ1) is 9.00. The van der Waals surface area contributed by atoms with Crippen LogP contribution in [-0.4, -0.2) is 31.5 Å². The van der Waals surface area contributed by atoms with E-state index in [4.69, 9.17) is 5.14 Å². The fourth-order valence-electron chi connectivity index (χ4n) is 3.02. The van der Waals surface area contributed by atoms with Crippen molar-refractivity contribution in [3.63, 3.8) is 0 Å². The zero-order valence-electron chi connectivity index (χ0n) is 10.5. The summed E-state index contributed by atoms with van der Waals surface area (Å²) in [5.74, 6) is 0.707. The molecular weight excluding hydrogens is 264 g/mol. The lowest BCUT2D eigenvalue weighted by molar-refractivity contribution is 0.377. The first-order valence-corrected chi connectivity index (χ1v) is 8.07. The zero-order chi connectivity index (χ0) is 13.5. The molecule has 19 heavy (non-hydrogen) atoms. The molecule has 3 rings (SSSR count). The largest absolute Gasteiger partial charge is 0.367 e. The van der Waals surface area contributed by atoms with Crippen LogP contribution in [-0.2, 0) is 10.0 Å². The Hall–Kier alpha value is -1.18. The molecule has 2 bridgehead atoms. The number of sulfonamides is 1. The van der Waals surface area contributed by atoms with Gasteiger partial charge >= 0.3 is 0 Å². The molecule has 1 aromatic rings. The number of aromatic nitrogens is 1. The molecule has 2 aliphatic heterocycles. The molecule has 0 amide bonds. The number of fused-ring (bicyclic) bond motifs is 2. The number of nitrogens with one attached hydrogen (secondary N) is 2. The monoisotopic (exact) mass is 282 g/mol. The van der Waals surface area contributed by atoms with E-state index in [-0.39, 0.29) is 4.90 Å². The van der Waals surface area contributed by atoms with Crippen LogP contribution in [0.2, 0.25) is 0 Å². The number of primary sulfonamides is 1. The molecule has 0 saturated carbocycles. The Morgan fingerprint density at radius 2 is 1.95 bits per heavy atom. The standard InChI is InChI=1S/C12H18N4O2S/c13-19(17,18)11-3-4-12(14-7-11)16-10-5-8-1-2-9(6-10)15-8/h3-4,7-10,15H,1-2,5-6H2,(H,14,16)(H2,13,17,18). The zero-order valence-corrected chi connectivity index (χ0v) is 11.4. The number of nitrogens with zero attached hydrogens (tertiary/aromatic N) is 1. The summed E-state index contributed by atoms with van der Waals surface area (Å²) in [4.78, 5) is 4.16. The highest BCUT2D eigenvalue weighted by atomic mass is 32.2. The van der Waals surface area contributed by atoms with Crippen LogP contribution in [0.4, 0.5) is 5.82 Å². The molecule has 104 valence electrons. The van der Waals surface area contributed by atoms with Crippen LogP contribution in [0.1, 0.15) is 25.7 Å². The van der Waals surface area contributed by atoms with Crippen molar-refractivity contribution in [3.8, 4) is 0 Å². The summed E-state index contributed by atoms with van der Waals surface area (Å²) in [6.07, 6.45) is 5.98. The highest BCUT2D eigenvalue weighted by Crippen LogP contribution is 2.28. The maximum absolute atomic E-state index is 11.1. The Labute approximate surface area is 112 Å². The van der Waals surface area contributed by atoms with Crippen molar-refractivity contribution < 1.29 is 8.42 Å². The van der Waals surface area contributed by atoms with E-state index in [1.807, 2.05) is 0 Å². The predicted molar refractivity (Wildman–Crippen MR) is 72.2 cm³/mol. The lowest BCUT2D eigenvalue weighted by atomic mass is 10.00. The molecular formula is C12H18N4O2S. The maximum atomic E-state index is 11.1. The summed E-state index contributed by atoms with van der Waals surface area (Å²) in [6, 6.07) is 4.79. The second kappa shape index (κ2) is 4.73. The third kappa shape index (κ3) is 2.88. The van der Waals surface area contributed by atoms with Crippen LogP contribution in [0.25, 0.3) is 0 Å². The van der Waals surface area contributed by atoms with E-state index >= 15 is 0 Å². The van der Waals surface area contributed by atoms with Gasteiger partial charge in [0.2, 0.25) is 10.0 Å². The fourth-order valence-corrected chi connectivity index (χ4v) is 3.48. The van der Waals surface area contributed by atoms with E-state index < -0.39 is 10.0 Å². The third-order valence-corrected chi connectivity index (χ3v) is 4.79. The van der Waals surface area contributed by atoms with Gasteiger partial charge in [0.25, 0.3) is 0 Å².